The van der Waals surface area contributed by atoms with Gasteiger partial charge in [0.15, 0.2) is 5.60 Å². The summed E-state index contributed by atoms with van der Waals surface area (Å²) >= 11 is 1.23. The Balaban J connectivity index is 1.76. The maximum Gasteiger partial charge on any atom is 0.349 e. The smallest absolute Gasteiger partial charge is 0.349 e. The predicted molar refractivity (Wildman–Crippen MR) is 161 cm³/mol. The molecule has 2 atom stereocenters. The minimum atomic E-state index is -1.36. The first kappa shape index (κ1) is 29.5. The van der Waals surface area contributed by atoms with Crippen LogP contribution in [0.3, 0.4) is 0 Å². The van der Waals surface area contributed by atoms with Crippen LogP contribution in [-0.2, 0) is 26.5 Å². The Hall–Kier alpha value is -3.51. The summed E-state index contributed by atoms with van der Waals surface area (Å²) in [5.74, 6) is -1.38. The quantitative estimate of drug-likeness (QED) is 0.262. The lowest BCUT2D eigenvalue weighted by Gasteiger charge is -2.44. The van der Waals surface area contributed by atoms with E-state index < -0.39 is 17.5 Å². The zero-order valence-electron chi connectivity index (χ0n) is 23.9. The van der Waals surface area contributed by atoms with Crippen molar-refractivity contribution in [2.24, 2.45) is 11.3 Å². The van der Waals surface area contributed by atoms with Crippen LogP contribution >= 0.6 is 11.8 Å². The average Bonchev–Trinajstić information content (AvgIpc) is 2.93. The van der Waals surface area contributed by atoms with Gasteiger partial charge in [0.05, 0.1) is 12.3 Å². The fraction of sp³-hybridized carbons (Fsp3) is 0.353. The zero-order valence-corrected chi connectivity index (χ0v) is 24.8. The van der Waals surface area contributed by atoms with Gasteiger partial charge < -0.3 is 15.2 Å². The Kier molecular flexibility index (Phi) is 9.09. The van der Waals surface area contributed by atoms with Crippen LogP contribution in [-0.4, -0.2) is 17.0 Å². The molecule has 0 fully saturated rings. The standard InChI is InChI=1S/C34H39NO4S/c1-23(2)26-18-12-13-19-29(26)40-30-28(36)21-34(39-32(30)38,25-16-10-7-11-17-25)27(20-33(3,4)5)31(37)35-22-24-14-8-6-9-15-24/h6-19,23,27,36H,20-22H2,1-5H3,(H,35,37). The molecule has 1 heterocycles. The molecular formula is C34H39NO4S. The van der Waals surface area contributed by atoms with Crippen LogP contribution in [0.2, 0.25) is 0 Å². The number of rotatable bonds is 9. The molecule has 0 saturated carbocycles. The van der Waals surface area contributed by atoms with Gasteiger partial charge in [0.2, 0.25) is 5.91 Å². The number of ether oxygens (including phenoxy) is 1. The van der Waals surface area contributed by atoms with E-state index in [4.69, 9.17) is 4.74 Å². The third-order valence-corrected chi connectivity index (χ3v) is 8.37. The predicted octanol–water partition coefficient (Wildman–Crippen LogP) is 7.88. The van der Waals surface area contributed by atoms with Gasteiger partial charge in [-0.15, -0.1) is 0 Å². The SMILES string of the molecule is CC(C)c1ccccc1SC1=C(O)CC(c2ccccc2)(C(CC(C)(C)C)C(=O)NCc2ccccc2)OC1=O. The molecule has 3 aromatic rings. The highest BCUT2D eigenvalue weighted by Gasteiger charge is 2.53. The van der Waals surface area contributed by atoms with Crippen LogP contribution in [0, 0.1) is 11.3 Å². The molecule has 2 N–H and O–H groups in total. The van der Waals surface area contributed by atoms with Crippen LogP contribution in [0.1, 0.15) is 70.1 Å². The molecule has 5 nitrogen and oxygen atoms in total. The third kappa shape index (κ3) is 6.79. The summed E-state index contributed by atoms with van der Waals surface area (Å²) in [7, 11) is 0. The Morgan fingerprint density at radius 2 is 1.57 bits per heavy atom. The molecule has 0 aliphatic carbocycles. The number of aliphatic hydroxyl groups is 1. The minimum Gasteiger partial charge on any atom is -0.511 e. The Labute approximate surface area is 242 Å². The lowest BCUT2D eigenvalue weighted by atomic mass is 9.70. The number of carbonyl (C=O) groups is 2. The highest BCUT2D eigenvalue weighted by Crippen LogP contribution is 2.50. The lowest BCUT2D eigenvalue weighted by molar-refractivity contribution is -0.172. The van der Waals surface area contributed by atoms with Gasteiger partial charge in [-0.3, -0.25) is 4.79 Å². The Bertz CT molecular complexity index is 1360. The molecule has 40 heavy (non-hydrogen) atoms. The van der Waals surface area contributed by atoms with Gasteiger partial charge >= 0.3 is 5.97 Å². The van der Waals surface area contributed by atoms with E-state index in [1.807, 2.05) is 84.9 Å². The molecule has 4 rings (SSSR count). The van der Waals surface area contributed by atoms with Crippen molar-refractivity contribution in [3.63, 3.8) is 0 Å². The molecule has 6 heteroatoms. The first-order chi connectivity index (χ1) is 19.0. The second-order valence-corrected chi connectivity index (χ2v) is 13.0. The Morgan fingerprint density at radius 1 is 0.975 bits per heavy atom. The average molecular weight is 558 g/mol. The molecule has 1 aliphatic rings. The fourth-order valence-electron chi connectivity index (χ4n) is 5.22. The van der Waals surface area contributed by atoms with Gasteiger partial charge in [0.25, 0.3) is 0 Å². The van der Waals surface area contributed by atoms with Crippen LogP contribution in [0.15, 0.2) is 100 Å². The highest BCUT2D eigenvalue weighted by molar-refractivity contribution is 8.04. The number of benzene rings is 3. The number of carbonyl (C=O) groups excluding carboxylic acids is 2. The van der Waals surface area contributed by atoms with Crippen LogP contribution in [0.25, 0.3) is 0 Å². The van der Waals surface area contributed by atoms with Crippen molar-refractivity contribution in [1.82, 2.24) is 5.32 Å². The number of cyclic esters (lactones) is 1. The fourth-order valence-corrected chi connectivity index (χ4v) is 6.33. The first-order valence-corrected chi connectivity index (χ1v) is 14.6. The minimum absolute atomic E-state index is 0.00837. The van der Waals surface area contributed by atoms with E-state index in [0.29, 0.717) is 18.5 Å². The largest absolute Gasteiger partial charge is 0.511 e. The molecule has 0 bridgehead atoms. The van der Waals surface area contributed by atoms with E-state index in [1.165, 1.54) is 11.8 Å². The molecule has 0 aromatic heterocycles. The van der Waals surface area contributed by atoms with Gasteiger partial charge in [0.1, 0.15) is 10.7 Å². The van der Waals surface area contributed by atoms with Gasteiger partial charge in [-0.05, 0) is 40.5 Å². The number of nitrogens with one attached hydrogen (secondary N) is 1. The molecule has 1 aliphatic heterocycles. The van der Waals surface area contributed by atoms with E-state index in [1.54, 1.807) is 0 Å². The van der Waals surface area contributed by atoms with Crippen molar-refractivity contribution in [2.75, 3.05) is 0 Å². The molecule has 0 radical (unpaired) electrons. The van der Waals surface area contributed by atoms with Crippen molar-refractivity contribution in [3.05, 3.63) is 112 Å². The number of esters is 1. The normalized spacial score (nSPS) is 18.4. The van der Waals surface area contributed by atoms with E-state index in [-0.39, 0.29) is 34.3 Å². The van der Waals surface area contributed by atoms with E-state index in [2.05, 4.69) is 39.9 Å². The van der Waals surface area contributed by atoms with Crippen molar-refractivity contribution in [3.8, 4) is 0 Å². The van der Waals surface area contributed by atoms with Crippen molar-refractivity contribution in [2.45, 2.75) is 70.4 Å². The van der Waals surface area contributed by atoms with Gasteiger partial charge in [-0.2, -0.15) is 0 Å². The molecular weight excluding hydrogens is 518 g/mol. The monoisotopic (exact) mass is 557 g/mol. The molecule has 210 valence electrons. The number of hydrogen-bond donors (Lipinski definition) is 2. The second-order valence-electron chi connectivity index (χ2n) is 11.9. The van der Waals surface area contributed by atoms with Gasteiger partial charge in [-0.25, -0.2) is 4.79 Å². The molecule has 1 amide bonds. The van der Waals surface area contributed by atoms with Gasteiger partial charge in [0, 0.05) is 11.4 Å². The summed E-state index contributed by atoms with van der Waals surface area (Å²) in [6.07, 6.45) is 0.455. The summed E-state index contributed by atoms with van der Waals surface area (Å²) < 4.78 is 6.36. The van der Waals surface area contributed by atoms with Gasteiger partial charge in [-0.1, -0.05) is 125 Å². The number of hydrogen-bond acceptors (Lipinski definition) is 5. The first-order valence-electron chi connectivity index (χ1n) is 13.8. The van der Waals surface area contributed by atoms with E-state index in [0.717, 1.165) is 16.0 Å². The topological polar surface area (TPSA) is 75.6 Å². The summed E-state index contributed by atoms with van der Waals surface area (Å²) in [4.78, 5) is 28.8. The maximum atomic E-state index is 14.0. The van der Waals surface area contributed by atoms with Crippen molar-refractivity contribution < 1.29 is 19.4 Å². The van der Waals surface area contributed by atoms with Crippen LogP contribution in [0.5, 0.6) is 0 Å². The lowest BCUT2D eigenvalue weighted by Crippen LogP contribution is -2.51. The molecule has 0 spiro atoms. The van der Waals surface area contributed by atoms with Crippen LogP contribution < -0.4 is 5.32 Å². The summed E-state index contributed by atoms with van der Waals surface area (Å²) in [6, 6.07) is 26.9. The van der Waals surface area contributed by atoms with Crippen molar-refractivity contribution >= 4 is 23.6 Å². The number of amides is 1. The maximum absolute atomic E-state index is 14.0. The van der Waals surface area contributed by atoms with E-state index >= 15 is 0 Å². The summed E-state index contributed by atoms with van der Waals surface area (Å²) in [5, 5.41) is 14.6. The molecule has 2 unspecified atom stereocenters. The summed E-state index contributed by atoms with van der Waals surface area (Å²) in [5.41, 5.74) is 1.13. The Morgan fingerprint density at radius 3 is 2.17 bits per heavy atom. The molecule has 0 saturated heterocycles. The number of thioether (sulfide) groups is 1. The molecule has 3 aromatic carbocycles. The number of aliphatic hydroxyl groups excluding tert-OH is 1. The van der Waals surface area contributed by atoms with Crippen LogP contribution in [0.4, 0.5) is 0 Å². The summed E-state index contributed by atoms with van der Waals surface area (Å²) in [6.45, 7) is 10.7. The second kappa shape index (κ2) is 12.3. The van der Waals surface area contributed by atoms with E-state index in [9.17, 15) is 14.7 Å². The third-order valence-electron chi connectivity index (χ3n) is 7.17. The highest BCUT2D eigenvalue weighted by atomic mass is 32.2. The zero-order chi connectivity index (χ0) is 28.9. The van der Waals surface area contributed by atoms with Crippen molar-refractivity contribution in [1.29, 1.82) is 0 Å².